The van der Waals surface area contributed by atoms with E-state index < -0.39 is 0 Å². The first-order valence-electron chi connectivity index (χ1n) is 12.9. The summed E-state index contributed by atoms with van der Waals surface area (Å²) in [5.41, 5.74) is 8.42. The van der Waals surface area contributed by atoms with Gasteiger partial charge in [0, 0.05) is 42.3 Å². The molecule has 2 aromatic carbocycles. The van der Waals surface area contributed by atoms with Gasteiger partial charge in [-0.3, -0.25) is 9.78 Å². The van der Waals surface area contributed by atoms with Crippen molar-refractivity contribution in [3.05, 3.63) is 94.5 Å². The first kappa shape index (κ1) is 24.7. The van der Waals surface area contributed by atoms with Crippen molar-refractivity contribution in [3.8, 4) is 33.8 Å². The van der Waals surface area contributed by atoms with Crippen LogP contribution >= 0.6 is 0 Å². The number of hydrogen-bond acceptors (Lipinski definition) is 3. The molecule has 0 bridgehead atoms. The molecule has 5 nitrogen and oxygen atoms in total. The first-order chi connectivity index (χ1) is 17.6. The Bertz CT molecular complexity index is 1640. The minimum Gasteiger partial charge on any atom is -0.366 e. The van der Waals surface area contributed by atoms with Crippen molar-refractivity contribution >= 4 is 11.0 Å². The molecule has 5 heteroatoms. The monoisotopic (exact) mass is 490 g/mol. The Hall–Kier alpha value is -3.99. The highest BCUT2D eigenvalue weighted by Crippen LogP contribution is 2.34. The van der Waals surface area contributed by atoms with Crippen molar-refractivity contribution in [3.63, 3.8) is 0 Å². The molecular weight excluding hydrogens is 456 g/mol. The molecule has 5 aromatic rings. The number of rotatable bonds is 5. The van der Waals surface area contributed by atoms with Crippen LogP contribution in [0.4, 0.5) is 0 Å². The van der Waals surface area contributed by atoms with E-state index in [0.717, 1.165) is 45.4 Å². The number of aromatic nitrogens is 4. The SMILES string of the molecule is CC(C)Cc1cc(-c2ccccn2)cc(-c2cccc3c2nc(-c2c[nH]cc(C(C)(C)C)c2=O)n3C)c1. The molecule has 5 rings (SSSR count). The van der Waals surface area contributed by atoms with E-state index in [1.54, 1.807) is 12.4 Å². The summed E-state index contributed by atoms with van der Waals surface area (Å²) in [6, 6.07) is 19.0. The number of nitrogens with one attached hydrogen (secondary N) is 1. The van der Waals surface area contributed by atoms with Crippen molar-refractivity contribution in [2.45, 2.75) is 46.5 Å². The molecular formula is C32H34N4O. The van der Waals surface area contributed by atoms with Crippen LogP contribution in [-0.2, 0) is 18.9 Å². The molecule has 37 heavy (non-hydrogen) atoms. The number of aryl methyl sites for hydroxylation is 1. The largest absolute Gasteiger partial charge is 0.366 e. The maximum absolute atomic E-state index is 13.5. The highest BCUT2D eigenvalue weighted by molar-refractivity contribution is 5.95. The van der Waals surface area contributed by atoms with Gasteiger partial charge < -0.3 is 9.55 Å². The lowest BCUT2D eigenvalue weighted by atomic mass is 9.87. The summed E-state index contributed by atoms with van der Waals surface area (Å²) in [5.74, 6) is 1.20. The van der Waals surface area contributed by atoms with E-state index in [1.165, 1.54) is 5.56 Å². The van der Waals surface area contributed by atoms with Gasteiger partial charge in [-0.2, -0.15) is 0 Å². The smallest absolute Gasteiger partial charge is 0.196 e. The number of pyridine rings is 2. The second kappa shape index (κ2) is 9.47. The zero-order chi connectivity index (χ0) is 26.3. The summed E-state index contributed by atoms with van der Waals surface area (Å²) < 4.78 is 2.02. The summed E-state index contributed by atoms with van der Waals surface area (Å²) in [4.78, 5) is 26.3. The molecule has 0 unspecified atom stereocenters. The van der Waals surface area contributed by atoms with Crippen LogP contribution in [0, 0.1) is 5.92 Å². The lowest BCUT2D eigenvalue weighted by molar-refractivity contribution is 0.583. The number of hydrogen-bond donors (Lipinski definition) is 1. The predicted octanol–water partition coefficient (Wildman–Crippen LogP) is 7.15. The molecule has 0 radical (unpaired) electrons. The van der Waals surface area contributed by atoms with E-state index in [4.69, 9.17) is 4.98 Å². The molecule has 0 amide bonds. The fourth-order valence-electron chi connectivity index (χ4n) is 5.01. The fraction of sp³-hybridized carbons (Fsp3) is 0.281. The van der Waals surface area contributed by atoms with Crippen LogP contribution in [-0.4, -0.2) is 19.5 Å². The lowest BCUT2D eigenvalue weighted by Crippen LogP contribution is -2.24. The maximum atomic E-state index is 13.5. The van der Waals surface area contributed by atoms with Crippen LogP contribution in [0.1, 0.15) is 45.7 Å². The molecule has 1 N–H and O–H groups in total. The molecule has 3 aromatic heterocycles. The molecule has 0 saturated carbocycles. The minimum atomic E-state index is -0.266. The van der Waals surface area contributed by atoms with Crippen LogP contribution in [0.3, 0.4) is 0 Å². The van der Waals surface area contributed by atoms with Crippen LogP contribution in [0.15, 0.2) is 78.0 Å². The van der Waals surface area contributed by atoms with Gasteiger partial charge in [0.1, 0.15) is 5.82 Å². The zero-order valence-electron chi connectivity index (χ0n) is 22.5. The number of nitrogens with zero attached hydrogens (tertiary/aromatic N) is 3. The topological polar surface area (TPSA) is 63.6 Å². The van der Waals surface area contributed by atoms with E-state index in [0.29, 0.717) is 17.3 Å². The molecule has 0 aliphatic carbocycles. The molecule has 188 valence electrons. The van der Waals surface area contributed by atoms with Crippen LogP contribution in [0.2, 0.25) is 0 Å². The van der Waals surface area contributed by atoms with Crippen LogP contribution < -0.4 is 5.43 Å². The van der Waals surface area contributed by atoms with E-state index >= 15 is 0 Å². The Morgan fingerprint density at radius 1 is 0.946 bits per heavy atom. The third-order valence-electron chi connectivity index (χ3n) is 6.81. The van der Waals surface area contributed by atoms with Gasteiger partial charge in [-0.05, 0) is 59.2 Å². The van der Waals surface area contributed by atoms with Gasteiger partial charge in [-0.1, -0.05) is 58.9 Å². The number of fused-ring (bicyclic) bond motifs is 1. The first-order valence-corrected chi connectivity index (χ1v) is 12.9. The van der Waals surface area contributed by atoms with E-state index in [9.17, 15) is 4.79 Å². The Morgan fingerprint density at radius 3 is 2.43 bits per heavy atom. The summed E-state index contributed by atoms with van der Waals surface area (Å²) in [6.45, 7) is 10.6. The predicted molar refractivity (Wildman–Crippen MR) is 153 cm³/mol. The Morgan fingerprint density at radius 2 is 1.73 bits per heavy atom. The lowest BCUT2D eigenvalue weighted by Gasteiger charge is -2.18. The summed E-state index contributed by atoms with van der Waals surface area (Å²) in [7, 11) is 1.98. The highest BCUT2D eigenvalue weighted by Gasteiger charge is 2.22. The van der Waals surface area contributed by atoms with Gasteiger partial charge in [0.2, 0.25) is 0 Å². The van der Waals surface area contributed by atoms with Gasteiger partial charge in [-0.15, -0.1) is 0 Å². The average molecular weight is 491 g/mol. The molecule has 0 fully saturated rings. The van der Waals surface area contributed by atoms with Crippen molar-refractivity contribution < 1.29 is 0 Å². The Kier molecular flexibility index (Phi) is 6.32. The average Bonchev–Trinajstić information content (AvgIpc) is 3.19. The van der Waals surface area contributed by atoms with Crippen LogP contribution in [0.25, 0.3) is 44.8 Å². The van der Waals surface area contributed by atoms with E-state index in [1.807, 2.05) is 36.0 Å². The number of aromatic amines is 1. The normalized spacial score (nSPS) is 12.0. The molecule has 0 atom stereocenters. The molecule has 0 saturated heterocycles. The second-order valence-electron chi connectivity index (χ2n) is 11.3. The molecule has 3 heterocycles. The van der Waals surface area contributed by atoms with Gasteiger partial charge >= 0.3 is 0 Å². The number of para-hydroxylation sites is 1. The quantitative estimate of drug-likeness (QED) is 0.284. The second-order valence-corrected chi connectivity index (χ2v) is 11.3. The summed E-state index contributed by atoms with van der Waals surface area (Å²) in [6.07, 6.45) is 6.38. The molecule has 0 aliphatic rings. The van der Waals surface area contributed by atoms with Gasteiger partial charge in [0.15, 0.2) is 5.43 Å². The number of benzene rings is 2. The fourth-order valence-corrected chi connectivity index (χ4v) is 5.01. The Labute approximate surface area is 218 Å². The third kappa shape index (κ3) is 4.74. The van der Waals surface area contributed by atoms with Crippen LogP contribution in [0.5, 0.6) is 0 Å². The molecule has 0 spiro atoms. The maximum Gasteiger partial charge on any atom is 0.196 e. The van der Waals surface area contributed by atoms with E-state index in [2.05, 4.69) is 81.0 Å². The number of H-pyrrole nitrogens is 1. The van der Waals surface area contributed by atoms with Gasteiger partial charge in [0.05, 0.1) is 22.3 Å². The van der Waals surface area contributed by atoms with Crippen molar-refractivity contribution in [2.24, 2.45) is 13.0 Å². The minimum absolute atomic E-state index is 0.0163. The zero-order valence-corrected chi connectivity index (χ0v) is 22.5. The standard InChI is InChI=1S/C32H34N4O/c1-20(2)14-21-15-22(17-23(16-21)27-11-7-8-13-34-27)24-10-9-12-28-29(24)35-31(36(28)6)25-18-33-19-26(30(25)37)32(3,4)5/h7-13,15-20H,14H2,1-6H3,(H,33,37). The van der Waals surface area contributed by atoms with Gasteiger partial charge in [0.25, 0.3) is 0 Å². The Balaban J connectivity index is 1.72. The van der Waals surface area contributed by atoms with Crippen molar-refractivity contribution in [1.29, 1.82) is 0 Å². The summed E-state index contributed by atoms with van der Waals surface area (Å²) >= 11 is 0. The van der Waals surface area contributed by atoms with E-state index in [-0.39, 0.29) is 10.8 Å². The molecule has 0 aliphatic heterocycles. The van der Waals surface area contributed by atoms with Crippen molar-refractivity contribution in [2.75, 3.05) is 0 Å². The van der Waals surface area contributed by atoms with Crippen molar-refractivity contribution in [1.82, 2.24) is 19.5 Å². The number of imidazole rings is 1. The van der Waals surface area contributed by atoms with Gasteiger partial charge in [-0.25, -0.2) is 4.98 Å². The highest BCUT2D eigenvalue weighted by atomic mass is 16.1. The third-order valence-corrected chi connectivity index (χ3v) is 6.81. The summed E-state index contributed by atoms with van der Waals surface area (Å²) in [5, 5.41) is 0.